The van der Waals surface area contributed by atoms with Crippen LogP contribution in [0.1, 0.15) is 36.7 Å². The summed E-state index contributed by atoms with van der Waals surface area (Å²) in [6, 6.07) is 9.75. The number of rotatable bonds is 9. The molecule has 7 nitrogen and oxygen atoms in total. The normalized spacial score (nSPS) is 11.2. The number of carbonyl (C=O) groups excluding carboxylic acids is 1. The summed E-state index contributed by atoms with van der Waals surface area (Å²) in [5.74, 6) is 1.97. The van der Waals surface area contributed by atoms with Crippen molar-refractivity contribution >= 4 is 28.6 Å². The molecule has 0 spiro atoms. The quantitative estimate of drug-likeness (QED) is 0.231. The summed E-state index contributed by atoms with van der Waals surface area (Å²) in [5, 5.41) is 0.634. The molecular weight excluding hydrogens is 442 g/mol. The molecule has 0 N–H and O–H groups in total. The number of hydrogen-bond donors (Lipinski definition) is 0. The van der Waals surface area contributed by atoms with Crippen molar-refractivity contribution in [1.29, 1.82) is 0 Å². The molecule has 172 valence electrons. The molecule has 4 aromatic rings. The average Bonchev–Trinajstić information content (AvgIpc) is 3.42. The molecule has 8 heteroatoms. The van der Waals surface area contributed by atoms with Gasteiger partial charge in [-0.15, -0.1) is 0 Å². The molecular formula is C25H26ClN3O4. The number of oxazole rings is 1. The minimum absolute atomic E-state index is 0.202. The minimum atomic E-state index is -0.202. The van der Waals surface area contributed by atoms with E-state index in [4.69, 9.17) is 30.5 Å². The number of aromatic nitrogens is 3. The Kier molecular flexibility index (Phi) is 6.99. The van der Waals surface area contributed by atoms with Crippen LogP contribution in [0.3, 0.4) is 0 Å². The van der Waals surface area contributed by atoms with Crippen LogP contribution in [0.2, 0.25) is 5.02 Å². The first-order valence-corrected chi connectivity index (χ1v) is 11.3. The van der Waals surface area contributed by atoms with Crippen molar-refractivity contribution in [2.75, 3.05) is 13.2 Å². The Morgan fingerprint density at radius 2 is 2.06 bits per heavy atom. The van der Waals surface area contributed by atoms with Crippen molar-refractivity contribution in [1.82, 2.24) is 14.5 Å². The summed E-state index contributed by atoms with van der Waals surface area (Å²) < 4.78 is 18.4. The predicted octanol–water partition coefficient (Wildman–Crippen LogP) is 5.73. The Morgan fingerprint density at radius 1 is 1.21 bits per heavy atom. The fourth-order valence-electron chi connectivity index (χ4n) is 3.74. The number of ether oxygens (including phenoxy) is 2. The zero-order valence-corrected chi connectivity index (χ0v) is 19.7. The lowest BCUT2D eigenvalue weighted by atomic mass is 10.1. The Morgan fingerprint density at radius 3 is 2.79 bits per heavy atom. The summed E-state index contributed by atoms with van der Waals surface area (Å²) in [7, 11) is 0. The van der Waals surface area contributed by atoms with Crippen LogP contribution in [-0.4, -0.2) is 33.7 Å². The van der Waals surface area contributed by atoms with Crippen LogP contribution in [0.25, 0.3) is 22.5 Å². The third-order valence-corrected chi connectivity index (χ3v) is 5.72. The standard InChI is InChI=1S/C25H26ClN3O4/c1-4-31-23(30)6-5-10-32-20-12-16(2)24-22(14-20)29(17(3)28-24)15-19-8-7-18(13-21(19)26)25-27-9-11-33-25/h7-9,11-14H,4-6,10,15H2,1-3H3. The smallest absolute Gasteiger partial charge is 0.305 e. The summed E-state index contributed by atoms with van der Waals surface area (Å²) in [6.45, 7) is 7.20. The second-order valence-electron chi connectivity index (χ2n) is 7.75. The van der Waals surface area contributed by atoms with E-state index in [1.807, 2.05) is 44.2 Å². The van der Waals surface area contributed by atoms with Crippen molar-refractivity contribution in [3.8, 4) is 17.2 Å². The fraction of sp³-hybridized carbons (Fsp3) is 0.320. The molecule has 2 aromatic carbocycles. The summed E-state index contributed by atoms with van der Waals surface area (Å²) in [4.78, 5) is 20.4. The molecule has 0 radical (unpaired) electrons. The Balaban J connectivity index is 1.54. The largest absolute Gasteiger partial charge is 0.493 e. The molecule has 0 unspecified atom stereocenters. The number of aryl methyl sites for hydroxylation is 2. The third kappa shape index (κ3) is 5.20. The van der Waals surface area contributed by atoms with Crippen LogP contribution in [-0.2, 0) is 16.1 Å². The molecule has 0 amide bonds. The van der Waals surface area contributed by atoms with Crippen molar-refractivity contribution in [3.63, 3.8) is 0 Å². The van der Waals surface area contributed by atoms with Gasteiger partial charge in [0.25, 0.3) is 0 Å². The van der Waals surface area contributed by atoms with E-state index >= 15 is 0 Å². The minimum Gasteiger partial charge on any atom is -0.493 e. The second-order valence-corrected chi connectivity index (χ2v) is 8.16. The van der Waals surface area contributed by atoms with Gasteiger partial charge in [-0.05, 0) is 56.5 Å². The number of esters is 1. The number of fused-ring (bicyclic) bond motifs is 1. The zero-order valence-electron chi connectivity index (χ0n) is 18.9. The molecule has 0 aliphatic carbocycles. The lowest BCUT2D eigenvalue weighted by Gasteiger charge is -2.12. The molecule has 2 aromatic heterocycles. The SMILES string of the molecule is CCOC(=O)CCCOc1cc(C)c2nc(C)n(Cc3ccc(-c4ncco4)cc3Cl)c2c1. The third-order valence-electron chi connectivity index (χ3n) is 5.37. The van der Waals surface area contributed by atoms with E-state index in [1.165, 1.54) is 6.26 Å². The number of halogens is 1. The van der Waals surface area contributed by atoms with E-state index in [1.54, 1.807) is 13.1 Å². The van der Waals surface area contributed by atoms with E-state index in [2.05, 4.69) is 9.55 Å². The van der Waals surface area contributed by atoms with Crippen molar-refractivity contribution in [2.24, 2.45) is 0 Å². The molecule has 2 heterocycles. The summed E-state index contributed by atoms with van der Waals surface area (Å²) in [6.07, 6.45) is 4.09. The van der Waals surface area contributed by atoms with E-state index in [0.29, 0.717) is 43.5 Å². The first kappa shape index (κ1) is 22.9. The van der Waals surface area contributed by atoms with Crippen LogP contribution >= 0.6 is 11.6 Å². The molecule has 0 atom stereocenters. The highest BCUT2D eigenvalue weighted by Gasteiger charge is 2.14. The van der Waals surface area contributed by atoms with Gasteiger partial charge in [-0.3, -0.25) is 4.79 Å². The van der Waals surface area contributed by atoms with Gasteiger partial charge < -0.3 is 18.5 Å². The first-order chi connectivity index (χ1) is 16.0. The molecule has 0 aliphatic heterocycles. The Labute approximate surface area is 197 Å². The van der Waals surface area contributed by atoms with Crippen LogP contribution in [0.15, 0.2) is 47.2 Å². The summed E-state index contributed by atoms with van der Waals surface area (Å²) >= 11 is 6.60. The second kappa shape index (κ2) is 10.1. The highest BCUT2D eigenvalue weighted by atomic mass is 35.5. The van der Waals surface area contributed by atoms with Gasteiger partial charge in [0.2, 0.25) is 5.89 Å². The Hall–Kier alpha value is -3.32. The van der Waals surface area contributed by atoms with Gasteiger partial charge in [-0.25, -0.2) is 9.97 Å². The lowest BCUT2D eigenvalue weighted by molar-refractivity contribution is -0.143. The van der Waals surface area contributed by atoms with Gasteiger partial charge in [-0.2, -0.15) is 0 Å². The van der Waals surface area contributed by atoms with Gasteiger partial charge >= 0.3 is 5.97 Å². The predicted molar refractivity (Wildman–Crippen MR) is 127 cm³/mol. The highest BCUT2D eigenvalue weighted by Crippen LogP contribution is 2.29. The van der Waals surface area contributed by atoms with E-state index in [-0.39, 0.29) is 5.97 Å². The Bertz CT molecular complexity index is 1260. The maximum atomic E-state index is 11.5. The number of nitrogens with zero attached hydrogens (tertiary/aromatic N) is 3. The molecule has 0 saturated carbocycles. The van der Waals surface area contributed by atoms with E-state index in [0.717, 1.165) is 39.3 Å². The highest BCUT2D eigenvalue weighted by molar-refractivity contribution is 6.31. The van der Waals surface area contributed by atoms with Gasteiger partial charge in [0, 0.05) is 23.1 Å². The van der Waals surface area contributed by atoms with Crippen molar-refractivity contribution in [3.05, 3.63) is 64.8 Å². The summed E-state index contributed by atoms with van der Waals surface area (Å²) in [5.41, 5.74) is 4.72. The van der Waals surface area contributed by atoms with Gasteiger partial charge in [0.05, 0.1) is 37.0 Å². The van der Waals surface area contributed by atoms with Gasteiger partial charge in [0.1, 0.15) is 17.8 Å². The molecule has 0 fully saturated rings. The number of benzene rings is 2. The molecule has 4 rings (SSSR count). The molecule has 0 bridgehead atoms. The van der Waals surface area contributed by atoms with Gasteiger partial charge in [0.15, 0.2) is 0 Å². The number of carbonyl (C=O) groups is 1. The number of imidazole rings is 1. The molecule has 0 saturated heterocycles. The van der Waals surface area contributed by atoms with Crippen LogP contribution < -0.4 is 4.74 Å². The number of hydrogen-bond acceptors (Lipinski definition) is 6. The monoisotopic (exact) mass is 467 g/mol. The topological polar surface area (TPSA) is 79.4 Å². The van der Waals surface area contributed by atoms with E-state index in [9.17, 15) is 4.79 Å². The fourth-order valence-corrected chi connectivity index (χ4v) is 3.98. The molecule has 0 aliphatic rings. The van der Waals surface area contributed by atoms with E-state index < -0.39 is 0 Å². The van der Waals surface area contributed by atoms with Crippen molar-refractivity contribution in [2.45, 2.75) is 40.2 Å². The molecule has 33 heavy (non-hydrogen) atoms. The van der Waals surface area contributed by atoms with Gasteiger partial charge in [-0.1, -0.05) is 17.7 Å². The lowest BCUT2D eigenvalue weighted by Crippen LogP contribution is -2.07. The first-order valence-electron chi connectivity index (χ1n) is 10.9. The van der Waals surface area contributed by atoms with Crippen LogP contribution in [0, 0.1) is 13.8 Å². The zero-order chi connectivity index (χ0) is 23.4. The van der Waals surface area contributed by atoms with Crippen LogP contribution in [0.5, 0.6) is 5.75 Å². The maximum absolute atomic E-state index is 11.5. The van der Waals surface area contributed by atoms with Crippen LogP contribution in [0.4, 0.5) is 0 Å². The maximum Gasteiger partial charge on any atom is 0.305 e. The average molecular weight is 468 g/mol. The van der Waals surface area contributed by atoms with Crippen molar-refractivity contribution < 1.29 is 18.7 Å².